The van der Waals surface area contributed by atoms with Gasteiger partial charge in [0.1, 0.15) is 5.75 Å². The van der Waals surface area contributed by atoms with Crippen molar-refractivity contribution in [1.29, 1.82) is 0 Å². The molecule has 1 aliphatic rings. The van der Waals surface area contributed by atoms with Crippen molar-refractivity contribution >= 4 is 11.9 Å². The quantitative estimate of drug-likeness (QED) is 0.375. The number of hydrogen-bond donors (Lipinski definition) is 1. The number of carbonyl (C=O) groups excluding carboxylic acids is 1. The molecule has 1 fully saturated rings. The lowest BCUT2D eigenvalue weighted by Crippen LogP contribution is -2.34. The molecule has 2 heterocycles. The molecule has 3 rings (SSSR count). The molecule has 0 atom stereocenters. The van der Waals surface area contributed by atoms with Crippen LogP contribution in [0.15, 0.2) is 28.8 Å². The first kappa shape index (κ1) is 23.6. The summed E-state index contributed by atoms with van der Waals surface area (Å²) in [6, 6.07) is 6.00. The number of benzene rings is 1. The standard InChI is InChI=1S/C18H18F6N4O4/c19-17(20,21)15(29)32-25-8-5-14-26-16(27-31-14)28-9-6-11(7-10-28)12-3-1-2-4-13(12)30-18(22,23)24/h1-4,11,25H,5-10H2. The van der Waals surface area contributed by atoms with Gasteiger partial charge in [-0.15, -0.1) is 13.2 Å². The third-order valence-electron chi connectivity index (χ3n) is 4.66. The number of aromatic nitrogens is 2. The number of piperidine rings is 1. The van der Waals surface area contributed by atoms with Gasteiger partial charge in [0, 0.05) is 26.1 Å². The van der Waals surface area contributed by atoms with Gasteiger partial charge in [-0.2, -0.15) is 23.6 Å². The Hall–Kier alpha value is -3.03. The summed E-state index contributed by atoms with van der Waals surface area (Å²) in [7, 11) is 0. The molecule has 0 radical (unpaired) electrons. The van der Waals surface area contributed by atoms with Crippen LogP contribution in [-0.2, 0) is 16.1 Å². The van der Waals surface area contributed by atoms with Crippen molar-refractivity contribution in [2.75, 3.05) is 24.5 Å². The van der Waals surface area contributed by atoms with Gasteiger partial charge < -0.3 is 19.0 Å². The lowest BCUT2D eigenvalue weighted by atomic mass is 9.89. The minimum absolute atomic E-state index is 0.0107. The van der Waals surface area contributed by atoms with Gasteiger partial charge in [-0.05, 0) is 35.5 Å². The first-order chi connectivity index (χ1) is 15.0. The van der Waals surface area contributed by atoms with E-state index in [2.05, 4.69) is 19.7 Å². The van der Waals surface area contributed by atoms with Gasteiger partial charge in [0.25, 0.3) is 5.95 Å². The van der Waals surface area contributed by atoms with E-state index < -0.39 is 18.5 Å². The lowest BCUT2D eigenvalue weighted by Gasteiger charge is -2.31. The van der Waals surface area contributed by atoms with Crippen LogP contribution in [0.5, 0.6) is 5.75 Å². The third kappa shape index (κ3) is 6.48. The van der Waals surface area contributed by atoms with E-state index in [1.165, 1.54) is 12.1 Å². The molecule has 0 bridgehead atoms. The fourth-order valence-electron chi connectivity index (χ4n) is 3.23. The number of nitrogens with one attached hydrogen (secondary N) is 1. The first-order valence-electron chi connectivity index (χ1n) is 9.46. The van der Waals surface area contributed by atoms with Crippen LogP contribution in [0, 0.1) is 0 Å². The van der Waals surface area contributed by atoms with Gasteiger partial charge in [0.2, 0.25) is 5.89 Å². The van der Waals surface area contributed by atoms with Crippen molar-refractivity contribution in [2.45, 2.75) is 37.7 Å². The minimum atomic E-state index is -5.10. The molecule has 0 aliphatic carbocycles. The maximum atomic E-state index is 12.6. The third-order valence-corrected chi connectivity index (χ3v) is 4.66. The minimum Gasteiger partial charge on any atom is -0.405 e. The van der Waals surface area contributed by atoms with Crippen LogP contribution in [0.25, 0.3) is 0 Å². The number of para-hydroxylation sites is 1. The summed E-state index contributed by atoms with van der Waals surface area (Å²) in [4.78, 5) is 20.3. The summed E-state index contributed by atoms with van der Waals surface area (Å²) in [6.45, 7) is 0.721. The molecule has 176 valence electrons. The summed E-state index contributed by atoms with van der Waals surface area (Å²) in [6.07, 6.45) is -8.82. The summed E-state index contributed by atoms with van der Waals surface area (Å²) in [5.41, 5.74) is 2.34. The van der Waals surface area contributed by atoms with Crippen LogP contribution in [0.1, 0.15) is 30.2 Å². The van der Waals surface area contributed by atoms with E-state index in [4.69, 9.17) is 4.52 Å². The Balaban J connectivity index is 1.49. The van der Waals surface area contributed by atoms with Crippen LogP contribution in [-0.4, -0.2) is 48.3 Å². The SMILES string of the molecule is O=C(ONCCc1nc(N2CCC(c3ccccc3OC(F)(F)F)CC2)no1)C(F)(F)F. The van der Waals surface area contributed by atoms with Crippen molar-refractivity contribution in [3.05, 3.63) is 35.7 Å². The Morgan fingerprint density at radius 3 is 2.50 bits per heavy atom. The number of anilines is 1. The molecule has 2 aromatic rings. The molecule has 1 aromatic carbocycles. The topological polar surface area (TPSA) is 89.7 Å². The maximum absolute atomic E-state index is 12.6. The van der Waals surface area contributed by atoms with Gasteiger partial charge >= 0.3 is 18.5 Å². The van der Waals surface area contributed by atoms with Crippen molar-refractivity contribution in [2.24, 2.45) is 0 Å². The van der Waals surface area contributed by atoms with Crippen molar-refractivity contribution in [3.63, 3.8) is 0 Å². The van der Waals surface area contributed by atoms with Gasteiger partial charge in [-0.1, -0.05) is 18.2 Å². The second kappa shape index (κ2) is 9.63. The van der Waals surface area contributed by atoms with Crippen LogP contribution >= 0.6 is 0 Å². The molecule has 1 aliphatic heterocycles. The summed E-state index contributed by atoms with van der Waals surface area (Å²) >= 11 is 0. The van der Waals surface area contributed by atoms with E-state index in [9.17, 15) is 31.1 Å². The number of alkyl halides is 6. The largest absolute Gasteiger partial charge is 0.573 e. The fraction of sp³-hybridized carbons (Fsp3) is 0.500. The highest BCUT2D eigenvalue weighted by Crippen LogP contribution is 2.37. The molecule has 0 spiro atoms. The number of hydroxylamine groups is 1. The van der Waals surface area contributed by atoms with Gasteiger partial charge in [0.05, 0.1) is 0 Å². The molecule has 1 saturated heterocycles. The maximum Gasteiger partial charge on any atom is 0.573 e. The predicted molar refractivity (Wildman–Crippen MR) is 95.5 cm³/mol. The average Bonchev–Trinajstić information content (AvgIpc) is 3.19. The van der Waals surface area contributed by atoms with Gasteiger partial charge in [-0.25, -0.2) is 4.79 Å². The normalized spacial score (nSPS) is 15.6. The number of nitrogens with zero attached hydrogens (tertiary/aromatic N) is 3. The molecular weight excluding hydrogens is 450 g/mol. The Kier molecular flexibility index (Phi) is 7.11. The van der Waals surface area contributed by atoms with Gasteiger partial charge in [-0.3, -0.25) is 0 Å². The zero-order valence-corrected chi connectivity index (χ0v) is 16.4. The molecule has 32 heavy (non-hydrogen) atoms. The fourth-order valence-corrected chi connectivity index (χ4v) is 3.23. The highest BCUT2D eigenvalue weighted by molar-refractivity contribution is 5.75. The number of rotatable bonds is 7. The molecule has 0 amide bonds. The highest BCUT2D eigenvalue weighted by atomic mass is 19.4. The zero-order chi connectivity index (χ0) is 23.4. The molecule has 1 aromatic heterocycles. The Bertz CT molecular complexity index is 909. The first-order valence-corrected chi connectivity index (χ1v) is 9.46. The van der Waals surface area contributed by atoms with E-state index in [1.807, 2.05) is 5.48 Å². The highest BCUT2D eigenvalue weighted by Gasteiger charge is 2.41. The van der Waals surface area contributed by atoms with Crippen LogP contribution < -0.4 is 15.1 Å². The number of hydrogen-bond acceptors (Lipinski definition) is 8. The van der Waals surface area contributed by atoms with E-state index in [1.54, 1.807) is 17.0 Å². The molecule has 8 nitrogen and oxygen atoms in total. The smallest absolute Gasteiger partial charge is 0.405 e. The average molecular weight is 468 g/mol. The summed E-state index contributed by atoms with van der Waals surface area (Å²) in [5, 5.41) is 3.81. The van der Waals surface area contributed by atoms with E-state index in [0.717, 1.165) is 0 Å². The second-order valence-electron chi connectivity index (χ2n) is 6.87. The van der Waals surface area contributed by atoms with Gasteiger partial charge in [0.15, 0.2) is 0 Å². The zero-order valence-electron chi connectivity index (χ0n) is 16.4. The Morgan fingerprint density at radius 1 is 1.16 bits per heavy atom. The van der Waals surface area contributed by atoms with Crippen molar-refractivity contribution in [3.8, 4) is 5.75 Å². The molecule has 14 heteroatoms. The number of ether oxygens (including phenoxy) is 1. The Labute approximate surface area is 177 Å². The summed E-state index contributed by atoms with van der Waals surface area (Å²) in [5.74, 6) is -2.37. The van der Waals surface area contributed by atoms with E-state index in [-0.39, 0.29) is 36.5 Å². The van der Waals surface area contributed by atoms with Crippen molar-refractivity contribution in [1.82, 2.24) is 15.6 Å². The molecule has 0 saturated carbocycles. The second-order valence-corrected chi connectivity index (χ2v) is 6.87. The summed E-state index contributed by atoms with van der Waals surface area (Å²) < 4.78 is 83.1. The molecular formula is C18H18F6N4O4. The van der Waals surface area contributed by atoms with E-state index >= 15 is 0 Å². The monoisotopic (exact) mass is 468 g/mol. The van der Waals surface area contributed by atoms with Crippen molar-refractivity contribution < 1.29 is 45.2 Å². The molecule has 0 unspecified atom stereocenters. The number of halogens is 6. The Morgan fingerprint density at radius 2 is 1.84 bits per heavy atom. The van der Waals surface area contributed by atoms with E-state index in [0.29, 0.717) is 31.5 Å². The van der Waals surface area contributed by atoms with Crippen LogP contribution in [0.4, 0.5) is 32.3 Å². The number of carbonyl (C=O) groups is 1. The van der Waals surface area contributed by atoms with Crippen LogP contribution in [0.3, 0.4) is 0 Å². The molecule has 1 N–H and O–H groups in total. The predicted octanol–water partition coefficient (Wildman–Crippen LogP) is 3.50. The lowest BCUT2D eigenvalue weighted by molar-refractivity contribution is -0.275. The van der Waals surface area contributed by atoms with Crippen LogP contribution in [0.2, 0.25) is 0 Å².